The minimum absolute atomic E-state index is 0.0677. The predicted octanol–water partition coefficient (Wildman–Crippen LogP) is 4.31. The Bertz CT molecular complexity index is 622. The Balaban J connectivity index is 1.62. The van der Waals surface area contributed by atoms with E-state index in [-0.39, 0.29) is 11.5 Å². The first kappa shape index (κ1) is 16.2. The molecule has 3 rings (SSSR count). The highest BCUT2D eigenvalue weighted by Gasteiger charge is 2.29. The van der Waals surface area contributed by atoms with E-state index in [2.05, 4.69) is 73.1 Å². The molecule has 2 heterocycles. The van der Waals surface area contributed by atoms with E-state index < -0.39 is 0 Å². The molecule has 1 saturated heterocycles. The van der Waals surface area contributed by atoms with E-state index in [4.69, 9.17) is 4.52 Å². The fourth-order valence-electron chi connectivity index (χ4n) is 3.21. The molecular weight excluding hydrogens is 286 g/mol. The highest BCUT2D eigenvalue weighted by Crippen LogP contribution is 2.32. The van der Waals surface area contributed by atoms with Crippen LogP contribution in [0.2, 0.25) is 0 Å². The van der Waals surface area contributed by atoms with Crippen LogP contribution in [0.5, 0.6) is 0 Å². The first-order valence-electron chi connectivity index (χ1n) is 8.58. The largest absolute Gasteiger partial charge is 0.338 e. The maximum Gasteiger partial charge on any atom is 0.243 e. The van der Waals surface area contributed by atoms with Crippen molar-refractivity contribution < 1.29 is 4.52 Å². The van der Waals surface area contributed by atoms with Crippen molar-refractivity contribution >= 4 is 0 Å². The molecule has 1 unspecified atom stereocenters. The molecule has 0 saturated carbocycles. The third-order valence-corrected chi connectivity index (χ3v) is 4.82. The molecule has 0 aliphatic carbocycles. The minimum Gasteiger partial charge on any atom is -0.338 e. The quantitative estimate of drug-likeness (QED) is 0.847. The van der Waals surface area contributed by atoms with Crippen molar-refractivity contribution in [2.24, 2.45) is 0 Å². The van der Waals surface area contributed by atoms with E-state index >= 15 is 0 Å². The average Bonchev–Trinajstić information content (AvgIpc) is 3.05. The summed E-state index contributed by atoms with van der Waals surface area (Å²) in [5.41, 5.74) is 1.40. The van der Waals surface area contributed by atoms with Crippen LogP contribution in [0.3, 0.4) is 0 Å². The number of likely N-dealkylation sites (tertiary alicyclic amines) is 1. The number of aromatic nitrogens is 2. The normalized spacial score (nSPS) is 19.0. The molecule has 2 aromatic rings. The van der Waals surface area contributed by atoms with E-state index in [1.807, 2.05) is 0 Å². The summed E-state index contributed by atoms with van der Waals surface area (Å²) in [6.45, 7) is 10.7. The van der Waals surface area contributed by atoms with Gasteiger partial charge in [-0.2, -0.15) is 4.98 Å². The van der Waals surface area contributed by atoms with Crippen LogP contribution in [0.15, 0.2) is 34.9 Å². The molecule has 1 fully saturated rings. The summed E-state index contributed by atoms with van der Waals surface area (Å²) in [4.78, 5) is 7.07. The average molecular weight is 313 g/mol. The topological polar surface area (TPSA) is 42.2 Å². The van der Waals surface area contributed by atoms with Gasteiger partial charge in [0.25, 0.3) is 0 Å². The monoisotopic (exact) mass is 313 g/mol. The fourth-order valence-corrected chi connectivity index (χ4v) is 3.21. The summed E-state index contributed by atoms with van der Waals surface area (Å²) in [5, 5.41) is 4.15. The predicted molar refractivity (Wildman–Crippen MR) is 91.4 cm³/mol. The van der Waals surface area contributed by atoms with E-state index in [9.17, 15) is 0 Å². The van der Waals surface area contributed by atoms with Gasteiger partial charge in [0, 0.05) is 5.41 Å². The van der Waals surface area contributed by atoms with Crippen LogP contribution >= 0.6 is 0 Å². The molecule has 0 bridgehead atoms. The van der Waals surface area contributed by atoms with Gasteiger partial charge in [-0.05, 0) is 44.3 Å². The summed E-state index contributed by atoms with van der Waals surface area (Å²) < 4.78 is 5.51. The van der Waals surface area contributed by atoms with Crippen molar-refractivity contribution in [3.63, 3.8) is 0 Å². The number of nitrogens with zero attached hydrogens (tertiary/aromatic N) is 3. The molecule has 0 amide bonds. The van der Waals surface area contributed by atoms with Gasteiger partial charge in [-0.1, -0.05) is 56.3 Å². The van der Waals surface area contributed by atoms with Crippen LogP contribution in [0.4, 0.5) is 0 Å². The molecule has 4 nitrogen and oxygen atoms in total. The second-order valence-corrected chi connectivity index (χ2v) is 7.60. The van der Waals surface area contributed by atoms with Crippen LogP contribution < -0.4 is 0 Å². The molecule has 1 aromatic carbocycles. The standard InChI is InChI=1S/C19H27N3O/c1-14(17-20-18(21-23-17)19(2,3)4)22-12-10-16(11-13-22)15-8-6-5-7-9-15/h5-9,14,16H,10-13H2,1-4H3. The molecule has 0 spiro atoms. The van der Waals surface area contributed by atoms with Gasteiger partial charge in [-0.3, -0.25) is 4.90 Å². The first-order valence-corrected chi connectivity index (χ1v) is 8.58. The third-order valence-electron chi connectivity index (χ3n) is 4.82. The Morgan fingerprint density at radius 1 is 1.13 bits per heavy atom. The molecule has 1 aromatic heterocycles. The fraction of sp³-hybridized carbons (Fsp3) is 0.579. The number of hydrogen-bond acceptors (Lipinski definition) is 4. The van der Waals surface area contributed by atoms with E-state index in [0.29, 0.717) is 5.92 Å². The lowest BCUT2D eigenvalue weighted by Gasteiger charge is -2.34. The lowest BCUT2D eigenvalue weighted by molar-refractivity contribution is 0.136. The lowest BCUT2D eigenvalue weighted by Crippen LogP contribution is -2.35. The van der Waals surface area contributed by atoms with Crippen LogP contribution in [0, 0.1) is 0 Å². The van der Waals surface area contributed by atoms with Crippen molar-refractivity contribution in [2.75, 3.05) is 13.1 Å². The first-order chi connectivity index (χ1) is 10.9. The SMILES string of the molecule is CC(c1nc(C(C)(C)C)no1)N1CCC(c2ccccc2)CC1. The second-order valence-electron chi connectivity index (χ2n) is 7.60. The smallest absolute Gasteiger partial charge is 0.243 e. The number of piperidine rings is 1. The van der Waals surface area contributed by atoms with Crippen molar-refractivity contribution in [3.8, 4) is 0 Å². The number of benzene rings is 1. The summed E-state index contributed by atoms with van der Waals surface area (Å²) in [6.07, 6.45) is 2.38. The molecule has 1 aliphatic rings. The molecular formula is C19H27N3O. The molecule has 0 N–H and O–H groups in total. The van der Waals surface area contributed by atoms with Gasteiger partial charge in [-0.15, -0.1) is 0 Å². The minimum atomic E-state index is -0.0677. The summed E-state index contributed by atoms with van der Waals surface area (Å²) in [7, 11) is 0. The zero-order valence-corrected chi connectivity index (χ0v) is 14.6. The highest BCUT2D eigenvalue weighted by atomic mass is 16.5. The van der Waals surface area contributed by atoms with Gasteiger partial charge >= 0.3 is 0 Å². The Morgan fingerprint density at radius 2 is 1.78 bits per heavy atom. The van der Waals surface area contributed by atoms with Crippen LogP contribution in [-0.2, 0) is 5.41 Å². The molecule has 1 aliphatic heterocycles. The van der Waals surface area contributed by atoms with Gasteiger partial charge in [-0.25, -0.2) is 0 Å². The Labute approximate surface area is 138 Å². The van der Waals surface area contributed by atoms with Crippen molar-refractivity contribution in [1.29, 1.82) is 0 Å². The molecule has 0 radical (unpaired) electrons. The molecule has 1 atom stereocenters. The number of hydrogen-bond donors (Lipinski definition) is 0. The maximum absolute atomic E-state index is 5.51. The van der Waals surface area contributed by atoms with Gasteiger partial charge < -0.3 is 4.52 Å². The van der Waals surface area contributed by atoms with Gasteiger partial charge in [0.05, 0.1) is 6.04 Å². The van der Waals surface area contributed by atoms with Crippen LogP contribution in [0.25, 0.3) is 0 Å². The molecule has 23 heavy (non-hydrogen) atoms. The lowest BCUT2D eigenvalue weighted by atomic mass is 9.89. The summed E-state index contributed by atoms with van der Waals surface area (Å²) >= 11 is 0. The molecule has 4 heteroatoms. The highest BCUT2D eigenvalue weighted by molar-refractivity contribution is 5.20. The third kappa shape index (κ3) is 3.63. The van der Waals surface area contributed by atoms with Crippen LogP contribution in [-0.4, -0.2) is 28.1 Å². The Morgan fingerprint density at radius 3 is 2.35 bits per heavy atom. The van der Waals surface area contributed by atoms with Gasteiger partial charge in [0.2, 0.25) is 5.89 Å². The number of rotatable bonds is 3. The van der Waals surface area contributed by atoms with Gasteiger partial charge in [0.15, 0.2) is 5.82 Å². The Hall–Kier alpha value is -1.68. The summed E-state index contributed by atoms with van der Waals surface area (Å²) in [6, 6.07) is 11.0. The zero-order valence-electron chi connectivity index (χ0n) is 14.6. The van der Waals surface area contributed by atoms with E-state index in [0.717, 1.165) is 24.8 Å². The van der Waals surface area contributed by atoms with Crippen molar-refractivity contribution in [1.82, 2.24) is 15.0 Å². The second kappa shape index (κ2) is 6.44. The van der Waals surface area contributed by atoms with Gasteiger partial charge in [0.1, 0.15) is 0 Å². The Kier molecular flexibility index (Phi) is 4.53. The van der Waals surface area contributed by atoms with E-state index in [1.165, 1.54) is 18.4 Å². The van der Waals surface area contributed by atoms with E-state index in [1.54, 1.807) is 0 Å². The van der Waals surface area contributed by atoms with Crippen LogP contribution in [0.1, 0.15) is 69.8 Å². The van der Waals surface area contributed by atoms with Crippen molar-refractivity contribution in [2.45, 2.75) is 57.9 Å². The van der Waals surface area contributed by atoms with Crippen molar-refractivity contribution in [3.05, 3.63) is 47.6 Å². The molecule has 124 valence electrons. The maximum atomic E-state index is 5.51. The summed E-state index contributed by atoms with van der Waals surface area (Å²) in [5.74, 6) is 2.21. The zero-order chi connectivity index (χ0) is 16.4.